The fraction of sp³-hybridized carbons (Fsp3) is 0.786. The molecule has 130 valence electrons. The standard InChI is InChI=1S/C14H24N4O3S2/c1-5-10(2)18(12-6-7-23(20,21)9-12)13(19)8-22-14-16-15-11(3)17(14)4/h10,12H,5-9H2,1-4H3/t10-,12-/m1/s1. The molecule has 1 aromatic rings. The average molecular weight is 361 g/mol. The van der Waals surface area contributed by atoms with E-state index in [0.29, 0.717) is 11.6 Å². The number of thioether (sulfide) groups is 1. The van der Waals surface area contributed by atoms with Crippen LogP contribution in [0.2, 0.25) is 0 Å². The van der Waals surface area contributed by atoms with Crippen molar-refractivity contribution in [1.29, 1.82) is 0 Å². The zero-order valence-electron chi connectivity index (χ0n) is 14.0. The van der Waals surface area contributed by atoms with Gasteiger partial charge in [-0.2, -0.15) is 0 Å². The van der Waals surface area contributed by atoms with Crippen molar-refractivity contribution in [1.82, 2.24) is 19.7 Å². The van der Waals surface area contributed by atoms with Gasteiger partial charge < -0.3 is 9.47 Å². The predicted octanol–water partition coefficient (Wildman–Crippen LogP) is 1.03. The number of rotatable bonds is 6. The largest absolute Gasteiger partial charge is 0.335 e. The number of sulfone groups is 1. The van der Waals surface area contributed by atoms with E-state index in [2.05, 4.69) is 10.2 Å². The van der Waals surface area contributed by atoms with Gasteiger partial charge in [-0.05, 0) is 26.7 Å². The molecule has 1 aliphatic heterocycles. The number of hydrogen-bond donors (Lipinski definition) is 0. The second kappa shape index (κ2) is 7.21. The number of carbonyl (C=O) groups excluding carboxylic acids is 1. The molecule has 0 spiro atoms. The summed E-state index contributed by atoms with van der Waals surface area (Å²) in [5.74, 6) is 1.25. The Morgan fingerprint density at radius 1 is 1.48 bits per heavy atom. The molecular weight excluding hydrogens is 336 g/mol. The zero-order valence-corrected chi connectivity index (χ0v) is 15.7. The summed E-state index contributed by atoms with van der Waals surface area (Å²) >= 11 is 1.34. The molecule has 2 atom stereocenters. The van der Waals surface area contributed by atoms with Crippen LogP contribution in [0, 0.1) is 6.92 Å². The Balaban J connectivity index is 2.07. The lowest BCUT2D eigenvalue weighted by atomic mass is 10.1. The van der Waals surface area contributed by atoms with Crippen molar-refractivity contribution in [3.8, 4) is 0 Å². The number of amides is 1. The summed E-state index contributed by atoms with van der Waals surface area (Å²) in [5, 5.41) is 8.71. The molecule has 1 amide bonds. The van der Waals surface area contributed by atoms with Gasteiger partial charge in [0.25, 0.3) is 0 Å². The van der Waals surface area contributed by atoms with E-state index < -0.39 is 9.84 Å². The van der Waals surface area contributed by atoms with E-state index in [-0.39, 0.29) is 35.2 Å². The zero-order chi connectivity index (χ0) is 17.2. The first-order valence-electron chi connectivity index (χ1n) is 7.75. The molecule has 1 aliphatic rings. The Labute approximate surface area is 141 Å². The fourth-order valence-corrected chi connectivity index (χ4v) is 5.25. The van der Waals surface area contributed by atoms with Crippen molar-refractivity contribution in [3.05, 3.63) is 5.82 Å². The Kier molecular flexibility index (Phi) is 5.72. The van der Waals surface area contributed by atoms with E-state index in [1.165, 1.54) is 11.8 Å². The molecule has 0 radical (unpaired) electrons. The SMILES string of the molecule is CC[C@@H](C)N(C(=O)CSc1nnc(C)n1C)[C@@H]1CCS(=O)(=O)C1. The Bertz CT molecular complexity index is 672. The highest BCUT2D eigenvalue weighted by Crippen LogP contribution is 2.24. The van der Waals surface area contributed by atoms with Gasteiger partial charge >= 0.3 is 0 Å². The van der Waals surface area contributed by atoms with Crippen LogP contribution in [0.4, 0.5) is 0 Å². The smallest absolute Gasteiger partial charge is 0.233 e. The van der Waals surface area contributed by atoms with E-state index in [4.69, 9.17) is 0 Å². The summed E-state index contributed by atoms with van der Waals surface area (Å²) in [4.78, 5) is 14.5. The van der Waals surface area contributed by atoms with Gasteiger partial charge in [0.15, 0.2) is 15.0 Å². The monoisotopic (exact) mass is 360 g/mol. The lowest BCUT2D eigenvalue weighted by Gasteiger charge is -2.33. The van der Waals surface area contributed by atoms with Crippen LogP contribution in [0.25, 0.3) is 0 Å². The minimum absolute atomic E-state index is 0.0302. The number of carbonyl (C=O) groups is 1. The first-order chi connectivity index (χ1) is 10.7. The van der Waals surface area contributed by atoms with Crippen molar-refractivity contribution >= 4 is 27.5 Å². The molecule has 2 rings (SSSR count). The summed E-state index contributed by atoms with van der Waals surface area (Å²) < 4.78 is 25.3. The van der Waals surface area contributed by atoms with E-state index in [0.717, 1.165) is 12.2 Å². The van der Waals surface area contributed by atoms with Crippen LogP contribution < -0.4 is 0 Å². The van der Waals surface area contributed by atoms with Gasteiger partial charge in [-0.25, -0.2) is 8.42 Å². The van der Waals surface area contributed by atoms with Gasteiger partial charge in [0, 0.05) is 19.1 Å². The van der Waals surface area contributed by atoms with Gasteiger partial charge in [-0.1, -0.05) is 18.7 Å². The lowest BCUT2D eigenvalue weighted by molar-refractivity contribution is -0.132. The summed E-state index contributed by atoms with van der Waals surface area (Å²) in [6.45, 7) is 5.83. The molecule has 1 saturated heterocycles. The van der Waals surface area contributed by atoms with Crippen LogP contribution in [0.1, 0.15) is 32.5 Å². The first kappa shape index (κ1) is 18.3. The first-order valence-corrected chi connectivity index (χ1v) is 10.6. The maximum Gasteiger partial charge on any atom is 0.233 e. The fourth-order valence-electron chi connectivity index (χ4n) is 2.72. The molecule has 0 saturated carbocycles. The molecule has 2 heterocycles. The number of hydrogen-bond acceptors (Lipinski definition) is 6. The summed E-state index contributed by atoms with van der Waals surface area (Å²) in [6.07, 6.45) is 1.34. The van der Waals surface area contributed by atoms with Crippen molar-refractivity contribution in [2.24, 2.45) is 7.05 Å². The molecule has 23 heavy (non-hydrogen) atoms. The molecule has 0 N–H and O–H groups in total. The van der Waals surface area contributed by atoms with Crippen LogP contribution in [-0.4, -0.2) is 63.3 Å². The van der Waals surface area contributed by atoms with Gasteiger partial charge in [0.2, 0.25) is 5.91 Å². The second-order valence-electron chi connectivity index (χ2n) is 5.99. The second-order valence-corrected chi connectivity index (χ2v) is 9.16. The maximum absolute atomic E-state index is 12.7. The summed E-state index contributed by atoms with van der Waals surface area (Å²) in [7, 11) is -1.15. The molecule has 0 bridgehead atoms. The average Bonchev–Trinajstić information content (AvgIpc) is 3.00. The summed E-state index contributed by atoms with van der Waals surface area (Å²) in [5.41, 5.74) is 0. The third-order valence-electron chi connectivity index (χ3n) is 4.33. The molecule has 1 aromatic heterocycles. The topological polar surface area (TPSA) is 85.2 Å². The van der Waals surface area contributed by atoms with Crippen molar-refractivity contribution in [3.63, 3.8) is 0 Å². The highest BCUT2D eigenvalue weighted by atomic mass is 32.2. The van der Waals surface area contributed by atoms with Gasteiger partial charge in [-0.3, -0.25) is 4.79 Å². The molecule has 0 unspecified atom stereocenters. The number of nitrogens with zero attached hydrogens (tertiary/aromatic N) is 4. The van der Waals surface area contributed by atoms with Crippen LogP contribution in [0.15, 0.2) is 5.16 Å². The van der Waals surface area contributed by atoms with Crippen molar-refractivity contribution in [2.75, 3.05) is 17.3 Å². The number of aryl methyl sites for hydroxylation is 1. The molecule has 9 heteroatoms. The quantitative estimate of drug-likeness (QED) is 0.705. The van der Waals surface area contributed by atoms with Crippen LogP contribution in [0.3, 0.4) is 0 Å². The Hall–Kier alpha value is -1.09. The van der Waals surface area contributed by atoms with Crippen molar-refractivity contribution in [2.45, 2.75) is 50.9 Å². The van der Waals surface area contributed by atoms with E-state index in [1.807, 2.05) is 32.4 Å². The van der Waals surface area contributed by atoms with E-state index >= 15 is 0 Å². The Morgan fingerprint density at radius 3 is 2.65 bits per heavy atom. The van der Waals surface area contributed by atoms with E-state index in [1.54, 1.807) is 4.90 Å². The van der Waals surface area contributed by atoms with Crippen LogP contribution in [0.5, 0.6) is 0 Å². The molecular formula is C14H24N4O3S2. The highest BCUT2D eigenvalue weighted by molar-refractivity contribution is 7.99. The minimum Gasteiger partial charge on any atom is -0.335 e. The van der Waals surface area contributed by atoms with Gasteiger partial charge in [0.05, 0.1) is 17.3 Å². The summed E-state index contributed by atoms with van der Waals surface area (Å²) in [6, 6.07) is -0.174. The predicted molar refractivity (Wildman–Crippen MR) is 90.1 cm³/mol. The molecule has 7 nitrogen and oxygen atoms in total. The molecule has 0 aromatic carbocycles. The highest BCUT2D eigenvalue weighted by Gasteiger charge is 2.36. The normalized spacial score (nSPS) is 21.3. The third-order valence-corrected chi connectivity index (χ3v) is 7.09. The van der Waals surface area contributed by atoms with Gasteiger partial charge in [0.1, 0.15) is 5.82 Å². The van der Waals surface area contributed by atoms with Gasteiger partial charge in [-0.15, -0.1) is 10.2 Å². The molecule has 1 fully saturated rings. The minimum atomic E-state index is -3.01. The van der Waals surface area contributed by atoms with Crippen LogP contribution >= 0.6 is 11.8 Å². The number of aromatic nitrogens is 3. The lowest BCUT2D eigenvalue weighted by Crippen LogP contribution is -2.47. The maximum atomic E-state index is 12.7. The molecule has 0 aliphatic carbocycles. The van der Waals surface area contributed by atoms with E-state index in [9.17, 15) is 13.2 Å². The van der Waals surface area contributed by atoms with Crippen molar-refractivity contribution < 1.29 is 13.2 Å². The van der Waals surface area contributed by atoms with Crippen LogP contribution in [-0.2, 0) is 21.7 Å². The Morgan fingerprint density at radius 2 is 2.17 bits per heavy atom. The third kappa shape index (κ3) is 4.26.